The summed E-state index contributed by atoms with van der Waals surface area (Å²) in [5.41, 5.74) is 0.519. The van der Waals surface area contributed by atoms with Gasteiger partial charge in [0.2, 0.25) is 10.0 Å². The molecule has 0 saturated carbocycles. The van der Waals surface area contributed by atoms with Gasteiger partial charge in [0, 0.05) is 31.2 Å². The van der Waals surface area contributed by atoms with Crippen LogP contribution in [-0.2, 0) is 10.0 Å². The predicted octanol–water partition coefficient (Wildman–Crippen LogP) is 0.809. The Labute approximate surface area is 131 Å². The second-order valence-corrected chi connectivity index (χ2v) is 7.41. The number of carbonyl (C=O) groups excluding carboxylic acids is 1. The Morgan fingerprint density at radius 2 is 1.86 bits per heavy atom. The Morgan fingerprint density at radius 1 is 1.18 bits per heavy atom. The number of hydrogen-bond donors (Lipinski definition) is 2. The first-order chi connectivity index (χ1) is 10.4. The average Bonchev–Trinajstić information content (AvgIpc) is 2.74. The van der Waals surface area contributed by atoms with Gasteiger partial charge in [0.15, 0.2) is 0 Å². The van der Waals surface area contributed by atoms with Crippen LogP contribution in [0.15, 0.2) is 29.2 Å². The average molecular weight is 325 g/mol. The second kappa shape index (κ2) is 7.21. The van der Waals surface area contributed by atoms with Gasteiger partial charge in [0.05, 0.1) is 4.90 Å². The molecule has 0 atom stereocenters. The molecule has 1 heterocycles. The Bertz CT molecular complexity index is 603. The minimum Gasteiger partial charge on any atom is -0.337 e. The summed E-state index contributed by atoms with van der Waals surface area (Å²) in [7, 11) is -3.52. The smallest absolute Gasteiger partial charge is 0.253 e. The van der Waals surface area contributed by atoms with Gasteiger partial charge in [-0.25, -0.2) is 13.1 Å². The lowest BCUT2D eigenvalue weighted by Gasteiger charge is -2.20. The third kappa shape index (κ3) is 4.28. The van der Waals surface area contributed by atoms with E-state index in [0.717, 1.165) is 26.1 Å². The molecule has 0 aliphatic carbocycles. The summed E-state index contributed by atoms with van der Waals surface area (Å²) in [6.45, 7) is 6.64. The van der Waals surface area contributed by atoms with Crippen molar-refractivity contribution in [1.29, 1.82) is 0 Å². The van der Waals surface area contributed by atoms with Crippen LogP contribution in [0.2, 0.25) is 0 Å². The normalized spacial score (nSPS) is 16.6. The van der Waals surface area contributed by atoms with Gasteiger partial charge >= 0.3 is 0 Å². The molecule has 0 radical (unpaired) electrons. The molecule has 1 aliphatic rings. The second-order valence-electron chi connectivity index (χ2n) is 5.70. The van der Waals surface area contributed by atoms with Crippen molar-refractivity contribution in [2.24, 2.45) is 0 Å². The fraction of sp³-hybridized carbons (Fsp3) is 0.533. The Morgan fingerprint density at radius 3 is 2.50 bits per heavy atom. The van der Waals surface area contributed by atoms with Crippen molar-refractivity contribution in [2.75, 3.05) is 26.2 Å². The molecule has 1 amide bonds. The highest BCUT2D eigenvalue weighted by Crippen LogP contribution is 2.13. The van der Waals surface area contributed by atoms with Crippen molar-refractivity contribution in [3.05, 3.63) is 29.8 Å². The number of nitrogens with one attached hydrogen (secondary N) is 2. The maximum atomic E-state index is 12.4. The standard InChI is InChI=1S/C15H23N3O3S/c1-12(2)17-22(20,21)14-6-4-13(5-7-14)15(19)18-10-3-8-16-9-11-18/h4-7,12,16-17H,3,8-11H2,1-2H3. The first-order valence-corrected chi connectivity index (χ1v) is 9.01. The SMILES string of the molecule is CC(C)NS(=O)(=O)c1ccc(C(=O)N2CCCNCC2)cc1. The molecule has 6 nitrogen and oxygen atoms in total. The molecule has 2 N–H and O–H groups in total. The number of hydrogen-bond acceptors (Lipinski definition) is 4. The zero-order valence-corrected chi connectivity index (χ0v) is 13.8. The number of rotatable bonds is 4. The van der Waals surface area contributed by atoms with Crippen LogP contribution in [0, 0.1) is 0 Å². The van der Waals surface area contributed by atoms with Gasteiger partial charge in [-0.15, -0.1) is 0 Å². The lowest BCUT2D eigenvalue weighted by molar-refractivity contribution is 0.0766. The van der Waals surface area contributed by atoms with Crippen LogP contribution in [0.25, 0.3) is 0 Å². The van der Waals surface area contributed by atoms with Crippen LogP contribution in [-0.4, -0.2) is 51.4 Å². The van der Waals surface area contributed by atoms with Gasteiger partial charge in [-0.3, -0.25) is 4.79 Å². The fourth-order valence-corrected chi connectivity index (χ4v) is 3.64. The van der Waals surface area contributed by atoms with Crippen molar-refractivity contribution >= 4 is 15.9 Å². The van der Waals surface area contributed by atoms with Crippen molar-refractivity contribution in [3.63, 3.8) is 0 Å². The molecule has 0 unspecified atom stereocenters. The minimum absolute atomic E-state index is 0.0514. The van der Waals surface area contributed by atoms with E-state index in [2.05, 4.69) is 10.0 Å². The van der Waals surface area contributed by atoms with Gasteiger partial charge in [0.25, 0.3) is 5.91 Å². The largest absolute Gasteiger partial charge is 0.337 e. The summed E-state index contributed by atoms with van der Waals surface area (Å²) in [4.78, 5) is 14.4. The summed E-state index contributed by atoms with van der Waals surface area (Å²) in [6, 6.07) is 5.95. The molecule has 7 heteroatoms. The van der Waals surface area contributed by atoms with Gasteiger partial charge in [0.1, 0.15) is 0 Å². The first kappa shape index (κ1) is 16.9. The zero-order valence-electron chi connectivity index (χ0n) is 13.0. The van der Waals surface area contributed by atoms with Crippen LogP contribution >= 0.6 is 0 Å². The summed E-state index contributed by atoms with van der Waals surface area (Å²) < 4.78 is 26.6. The third-order valence-electron chi connectivity index (χ3n) is 3.43. The molecule has 1 aromatic rings. The summed E-state index contributed by atoms with van der Waals surface area (Å²) in [5.74, 6) is -0.0514. The Balaban J connectivity index is 2.12. The maximum Gasteiger partial charge on any atom is 0.253 e. The highest BCUT2D eigenvalue weighted by atomic mass is 32.2. The van der Waals surface area contributed by atoms with E-state index in [1.54, 1.807) is 30.9 Å². The molecular weight excluding hydrogens is 302 g/mol. The van der Waals surface area contributed by atoms with Crippen molar-refractivity contribution in [3.8, 4) is 0 Å². The van der Waals surface area contributed by atoms with Crippen LogP contribution in [0.5, 0.6) is 0 Å². The summed E-state index contributed by atoms with van der Waals surface area (Å²) in [5, 5.41) is 3.25. The van der Waals surface area contributed by atoms with E-state index in [-0.39, 0.29) is 16.8 Å². The van der Waals surface area contributed by atoms with E-state index in [0.29, 0.717) is 12.1 Å². The number of benzene rings is 1. The van der Waals surface area contributed by atoms with E-state index < -0.39 is 10.0 Å². The van der Waals surface area contributed by atoms with Gasteiger partial charge in [-0.2, -0.15) is 0 Å². The molecule has 0 bridgehead atoms. The fourth-order valence-electron chi connectivity index (χ4n) is 2.39. The van der Waals surface area contributed by atoms with E-state index in [4.69, 9.17) is 0 Å². The van der Waals surface area contributed by atoms with E-state index in [9.17, 15) is 13.2 Å². The molecule has 0 aromatic heterocycles. The highest BCUT2D eigenvalue weighted by molar-refractivity contribution is 7.89. The molecule has 1 aromatic carbocycles. The molecule has 2 rings (SSSR count). The van der Waals surface area contributed by atoms with Crippen LogP contribution in [0.1, 0.15) is 30.6 Å². The van der Waals surface area contributed by atoms with Crippen LogP contribution in [0.3, 0.4) is 0 Å². The number of amides is 1. The quantitative estimate of drug-likeness (QED) is 0.859. The number of carbonyl (C=O) groups is 1. The van der Waals surface area contributed by atoms with E-state index in [1.165, 1.54) is 12.1 Å². The lowest BCUT2D eigenvalue weighted by atomic mass is 10.2. The van der Waals surface area contributed by atoms with Gasteiger partial charge in [-0.05, 0) is 51.1 Å². The molecule has 1 aliphatic heterocycles. The van der Waals surface area contributed by atoms with Gasteiger partial charge < -0.3 is 10.2 Å². The monoisotopic (exact) mass is 325 g/mol. The Kier molecular flexibility index (Phi) is 5.55. The summed E-state index contributed by atoms with van der Waals surface area (Å²) in [6.07, 6.45) is 0.927. The number of sulfonamides is 1. The van der Waals surface area contributed by atoms with Crippen molar-refractivity contribution in [1.82, 2.24) is 14.9 Å². The molecule has 22 heavy (non-hydrogen) atoms. The van der Waals surface area contributed by atoms with E-state index >= 15 is 0 Å². The van der Waals surface area contributed by atoms with Gasteiger partial charge in [-0.1, -0.05) is 0 Å². The maximum absolute atomic E-state index is 12.4. The predicted molar refractivity (Wildman–Crippen MR) is 85.3 cm³/mol. The molecule has 1 saturated heterocycles. The van der Waals surface area contributed by atoms with Crippen LogP contribution in [0.4, 0.5) is 0 Å². The number of nitrogens with zero attached hydrogens (tertiary/aromatic N) is 1. The molecule has 122 valence electrons. The highest BCUT2D eigenvalue weighted by Gasteiger charge is 2.19. The van der Waals surface area contributed by atoms with Crippen LogP contribution < -0.4 is 10.0 Å². The molecule has 0 spiro atoms. The minimum atomic E-state index is -3.52. The summed E-state index contributed by atoms with van der Waals surface area (Å²) >= 11 is 0. The first-order valence-electron chi connectivity index (χ1n) is 7.52. The Hall–Kier alpha value is -1.44. The van der Waals surface area contributed by atoms with Crippen molar-refractivity contribution in [2.45, 2.75) is 31.2 Å². The van der Waals surface area contributed by atoms with E-state index in [1.807, 2.05) is 0 Å². The molecule has 1 fully saturated rings. The van der Waals surface area contributed by atoms with Crippen molar-refractivity contribution < 1.29 is 13.2 Å². The lowest BCUT2D eigenvalue weighted by Crippen LogP contribution is -2.34. The topological polar surface area (TPSA) is 78.5 Å². The molecular formula is C15H23N3O3S. The third-order valence-corrected chi connectivity index (χ3v) is 5.10. The zero-order chi connectivity index (χ0) is 16.2.